The summed E-state index contributed by atoms with van der Waals surface area (Å²) in [5.41, 5.74) is 1.45. The molecule has 1 nitrogen and oxygen atoms in total. The Balaban J connectivity index is 2.78. The van der Waals surface area contributed by atoms with Crippen LogP contribution in [0.1, 0.15) is 22.8 Å². The van der Waals surface area contributed by atoms with Crippen LogP contribution in [-0.2, 0) is 0 Å². The molecule has 0 amide bonds. The number of aldehydes is 1. The fourth-order valence-corrected chi connectivity index (χ4v) is 1.60. The van der Waals surface area contributed by atoms with E-state index in [-0.39, 0.29) is 0 Å². The highest BCUT2D eigenvalue weighted by Gasteiger charge is 2.01. The second kappa shape index (κ2) is 3.98. The second-order valence-electron chi connectivity index (χ2n) is 3.28. The molecule has 0 fully saturated rings. The van der Waals surface area contributed by atoms with Gasteiger partial charge in [0.05, 0.1) is 0 Å². The molecule has 0 saturated carbocycles. The van der Waals surface area contributed by atoms with Gasteiger partial charge in [0.1, 0.15) is 0 Å². The molecule has 0 unspecified atom stereocenters. The van der Waals surface area contributed by atoms with Gasteiger partial charge in [0.15, 0.2) is 6.29 Å². The summed E-state index contributed by atoms with van der Waals surface area (Å²) in [5.74, 6) is 5.75. The van der Waals surface area contributed by atoms with Crippen LogP contribution in [0, 0.1) is 11.8 Å². The molecule has 0 N–H and O–H groups in total. The first-order chi connectivity index (χ1) is 7.35. The van der Waals surface area contributed by atoms with E-state index >= 15 is 0 Å². The SMILES string of the molecule is CC#Cc1cc2ccccc2cc1C=O. The van der Waals surface area contributed by atoms with Crippen LogP contribution >= 0.6 is 0 Å². The molecule has 2 rings (SSSR count). The lowest BCUT2D eigenvalue weighted by Gasteiger charge is -2.01. The molecule has 0 bridgehead atoms. The van der Waals surface area contributed by atoms with E-state index in [0.29, 0.717) is 5.56 Å². The number of benzene rings is 2. The maximum absolute atomic E-state index is 10.9. The minimum absolute atomic E-state index is 0.656. The summed E-state index contributed by atoms with van der Waals surface area (Å²) < 4.78 is 0. The average molecular weight is 194 g/mol. The quantitative estimate of drug-likeness (QED) is 0.503. The van der Waals surface area contributed by atoms with Gasteiger partial charge in [-0.1, -0.05) is 30.2 Å². The summed E-state index contributed by atoms with van der Waals surface area (Å²) >= 11 is 0. The van der Waals surface area contributed by atoms with Crippen molar-refractivity contribution in [2.45, 2.75) is 6.92 Å². The van der Waals surface area contributed by atoms with Crippen molar-refractivity contribution < 1.29 is 4.79 Å². The highest BCUT2D eigenvalue weighted by atomic mass is 16.1. The third-order valence-corrected chi connectivity index (χ3v) is 2.30. The van der Waals surface area contributed by atoms with Crippen LogP contribution in [0.3, 0.4) is 0 Å². The Morgan fingerprint density at radius 1 is 1.13 bits per heavy atom. The molecule has 0 aliphatic rings. The van der Waals surface area contributed by atoms with Crippen LogP contribution in [0.2, 0.25) is 0 Å². The van der Waals surface area contributed by atoms with Crippen molar-refractivity contribution in [2.24, 2.45) is 0 Å². The Morgan fingerprint density at radius 3 is 2.40 bits per heavy atom. The fourth-order valence-electron chi connectivity index (χ4n) is 1.60. The van der Waals surface area contributed by atoms with Crippen molar-refractivity contribution in [1.82, 2.24) is 0 Å². The average Bonchev–Trinajstić information content (AvgIpc) is 2.28. The summed E-state index contributed by atoms with van der Waals surface area (Å²) in [5, 5.41) is 2.18. The van der Waals surface area contributed by atoms with Gasteiger partial charge >= 0.3 is 0 Å². The van der Waals surface area contributed by atoms with Gasteiger partial charge in [0.25, 0.3) is 0 Å². The monoisotopic (exact) mass is 194 g/mol. The van der Waals surface area contributed by atoms with Crippen LogP contribution in [0.25, 0.3) is 10.8 Å². The van der Waals surface area contributed by atoms with E-state index in [2.05, 4.69) is 11.8 Å². The Bertz CT molecular complexity index is 571. The molecule has 0 aliphatic heterocycles. The molecule has 72 valence electrons. The van der Waals surface area contributed by atoms with Gasteiger partial charge in [-0.3, -0.25) is 4.79 Å². The Kier molecular flexibility index (Phi) is 2.51. The lowest BCUT2D eigenvalue weighted by molar-refractivity contribution is 0.112. The van der Waals surface area contributed by atoms with E-state index in [9.17, 15) is 4.79 Å². The third kappa shape index (κ3) is 1.75. The largest absolute Gasteiger partial charge is 0.298 e. The van der Waals surface area contributed by atoms with Crippen LogP contribution in [0.15, 0.2) is 36.4 Å². The molecule has 15 heavy (non-hydrogen) atoms. The molecule has 0 heterocycles. The van der Waals surface area contributed by atoms with Crippen LogP contribution in [0.5, 0.6) is 0 Å². The van der Waals surface area contributed by atoms with Crippen LogP contribution < -0.4 is 0 Å². The first-order valence-electron chi connectivity index (χ1n) is 4.76. The molecule has 0 spiro atoms. The smallest absolute Gasteiger partial charge is 0.151 e. The molecule has 0 aromatic heterocycles. The zero-order valence-corrected chi connectivity index (χ0v) is 8.45. The van der Waals surface area contributed by atoms with Gasteiger partial charge in [-0.25, -0.2) is 0 Å². The van der Waals surface area contributed by atoms with Crippen molar-refractivity contribution in [3.05, 3.63) is 47.5 Å². The van der Waals surface area contributed by atoms with Crippen LogP contribution in [-0.4, -0.2) is 6.29 Å². The lowest BCUT2D eigenvalue weighted by atomic mass is 10.0. The number of fused-ring (bicyclic) bond motifs is 1. The number of hydrogen-bond acceptors (Lipinski definition) is 1. The highest BCUT2D eigenvalue weighted by Crippen LogP contribution is 2.18. The van der Waals surface area contributed by atoms with Crippen molar-refractivity contribution in [3.63, 3.8) is 0 Å². The Labute approximate surface area is 88.7 Å². The highest BCUT2D eigenvalue weighted by molar-refractivity contribution is 5.92. The van der Waals surface area contributed by atoms with E-state index in [4.69, 9.17) is 0 Å². The minimum Gasteiger partial charge on any atom is -0.298 e. The normalized spacial score (nSPS) is 9.40. The zero-order valence-electron chi connectivity index (χ0n) is 8.45. The van der Waals surface area contributed by atoms with Gasteiger partial charge in [0, 0.05) is 11.1 Å². The van der Waals surface area contributed by atoms with E-state index < -0.39 is 0 Å². The summed E-state index contributed by atoms with van der Waals surface area (Å²) in [6.07, 6.45) is 0.853. The first-order valence-corrected chi connectivity index (χ1v) is 4.76. The standard InChI is InChI=1S/C14H10O/c1-2-5-11-8-12-6-3-4-7-13(12)9-14(11)10-15/h3-4,6-10H,1H3. The van der Waals surface area contributed by atoms with Crippen molar-refractivity contribution in [1.29, 1.82) is 0 Å². The fraction of sp³-hybridized carbons (Fsp3) is 0.0714. The molecule has 0 radical (unpaired) electrons. The summed E-state index contributed by atoms with van der Waals surface area (Å²) in [6.45, 7) is 1.77. The summed E-state index contributed by atoms with van der Waals surface area (Å²) in [7, 11) is 0. The maximum atomic E-state index is 10.9. The number of carbonyl (C=O) groups is 1. The van der Waals surface area contributed by atoms with Crippen LogP contribution in [0.4, 0.5) is 0 Å². The molecule has 1 heteroatoms. The molecule has 0 atom stereocenters. The number of carbonyl (C=O) groups excluding carboxylic acids is 1. The number of rotatable bonds is 1. The number of hydrogen-bond donors (Lipinski definition) is 0. The van der Waals surface area contributed by atoms with Gasteiger partial charge in [0.2, 0.25) is 0 Å². The van der Waals surface area contributed by atoms with E-state index in [1.165, 1.54) is 0 Å². The maximum Gasteiger partial charge on any atom is 0.151 e. The second-order valence-corrected chi connectivity index (χ2v) is 3.28. The predicted octanol–water partition coefficient (Wildman–Crippen LogP) is 3.02. The molecular formula is C14H10O. The molecule has 2 aromatic carbocycles. The van der Waals surface area contributed by atoms with Gasteiger partial charge < -0.3 is 0 Å². The molecule has 2 aromatic rings. The van der Waals surface area contributed by atoms with Crippen molar-refractivity contribution in [3.8, 4) is 11.8 Å². The minimum atomic E-state index is 0.656. The molecule has 0 aliphatic carbocycles. The third-order valence-electron chi connectivity index (χ3n) is 2.30. The van der Waals surface area contributed by atoms with E-state index in [0.717, 1.165) is 22.6 Å². The Morgan fingerprint density at radius 2 is 1.80 bits per heavy atom. The predicted molar refractivity (Wildman–Crippen MR) is 61.9 cm³/mol. The van der Waals surface area contributed by atoms with E-state index in [1.54, 1.807) is 6.92 Å². The van der Waals surface area contributed by atoms with E-state index in [1.807, 2.05) is 36.4 Å². The van der Waals surface area contributed by atoms with Crippen molar-refractivity contribution >= 4 is 17.1 Å². The zero-order chi connectivity index (χ0) is 10.7. The molecular weight excluding hydrogens is 184 g/mol. The molecule has 0 saturated heterocycles. The lowest BCUT2D eigenvalue weighted by Crippen LogP contribution is -1.87. The Hall–Kier alpha value is -2.07. The summed E-state index contributed by atoms with van der Waals surface area (Å²) in [6, 6.07) is 11.8. The topological polar surface area (TPSA) is 17.1 Å². The van der Waals surface area contributed by atoms with Gasteiger partial charge in [-0.15, -0.1) is 5.92 Å². The van der Waals surface area contributed by atoms with Gasteiger partial charge in [-0.05, 0) is 29.8 Å². The van der Waals surface area contributed by atoms with Gasteiger partial charge in [-0.2, -0.15) is 0 Å². The summed E-state index contributed by atoms with van der Waals surface area (Å²) in [4.78, 5) is 10.9. The van der Waals surface area contributed by atoms with Crippen molar-refractivity contribution in [2.75, 3.05) is 0 Å². The first kappa shape index (κ1) is 9.48.